The molecule has 0 spiro atoms. The van der Waals surface area contributed by atoms with Gasteiger partial charge in [0.05, 0.1) is 17.7 Å². The van der Waals surface area contributed by atoms with Crippen LogP contribution in [-0.4, -0.2) is 14.5 Å². The summed E-state index contributed by atoms with van der Waals surface area (Å²) in [5, 5.41) is 3.36. The molecule has 0 aliphatic carbocycles. The summed E-state index contributed by atoms with van der Waals surface area (Å²) < 4.78 is 2.01. The van der Waals surface area contributed by atoms with Crippen LogP contribution in [0.3, 0.4) is 0 Å². The van der Waals surface area contributed by atoms with Crippen molar-refractivity contribution in [1.29, 1.82) is 0 Å². The molecule has 0 radical (unpaired) electrons. The van der Waals surface area contributed by atoms with Gasteiger partial charge in [0.1, 0.15) is 0 Å². The van der Waals surface area contributed by atoms with Crippen molar-refractivity contribution >= 4 is 0 Å². The van der Waals surface area contributed by atoms with Gasteiger partial charge in [-0.05, 0) is 18.6 Å². The molecule has 4 heteroatoms. The molecule has 0 saturated heterocycles. The molecular formula is C12H16N4. The molecule has 4 nitrogen and oxygen atoms in total. The number of imidazole rings is 1. The number of rotatable bonds is 4. The predicted molar refractivity (Wildman–Crippen MR) is 62.7 cm³/mol. The fourth-order valence-corrected chi connectivity index (χ4v) is 1.57. The van der Waals surface area contributed by atoms with E-state index in [1.54, 1.807) is 0 Å². The van der Waals surface area contributed by atoms with Crippen molar-refractivity contribution in [3.05, 3.63) is 47.8 Å². The zero-order valence-corrected chi connectivity index (χ0v) is 9.64. The number of hydrogen-bond donors (Lipinski definition) is 1. The Labute approximate surface area is 95.4 Å². The average Bonchev–Trinajstić information content (AvgIpc) is 2.67. The van der Waals surface area contributed by atoms with Gasteiger partial charge in [-0.3, -0.25) is 4.98 Å². The Balaban J connectivity index is 1.89. The Morgan fingerprint density at radius 2 is 2.25 bits per heavy atom. The van der Waals surface area contributed by atoms with E-state index in [9.17, 15) is 0 Å². The van der Waals surface area contributed by atoms with Gasteiger partial charge in [0.2, 0.25) is 0 Å². The molecule has 0 bridgehead atoms. The van der Waals surface area contributed by atoms with Crippen LogP contribution in [0.4, 0.5) is 0 Å². The molecule has 84 valence electrons. The van der Waals surface area contributed by atoms with Crippen molar-refractivity contribution in [3.8, 4) is 0 Å². The van der Waals surface area contributed by atoms with E-state index in [1.165, 1.54) is 11.3 Å². The van der Waals surface area contributed by atoms with Gasteiger partial charge in [-0.15, -0.1) is 0 Å². The molecule has 0 fully saturated rings. The molecular weight excluding hydrogens is 200 g/mol. The summed E-state index contributed by atoms with van der Waals surface area (Å²) in [5.74, 6) is 0. The van der Waals surface area contributed by atoms with Gasteiger partial charge in [-0.1, -0.05) is 6.07 Å². The molecule has 0 amide bonds. The molecule has 0 unspecified atom stereocenters. The maximum Gasteiger partial charge on any atom is 0.0945 e. The van der Waals surface area contributed by atoms with Crippen LogP contribution in [0.2, 0.25) is 0 Å². The molecule has 2 heterocycles. The molecule has 16 heavy (non-hydrogen) atoms. The van der Waals surface area contributed by atoms with Crippen LogP contribution >= 0.6 is 0 Å². The third kappa shape index (κ3) is 2.46. The number of hydrogen-bond acceptors (Lipinski definition) is 3. The van der Waals surface area contributed by atoms with Gasteiger partial charge < -0.3 is 9.88 Å². The minimum absolute atomic E-state index is 0.790. The summed E-state index contributed by atoms with van der Waals surface area (Å²) in [6, 6.07) is 4.04. The molecule has 0 aliphatic heterocycles. The van der Waals surface area contributed by atoms with Crippen molar-refractivity contribution in [1.82, 2.24) is 19.9 Å². The number of nitrogens with one attached hydrogen (secondary N) is 1. The van der Waals surface area contributed by atoms with Crippen molar-refractivity contribution in [2.75, 3.05) is 0 Å². The van der Waals surface area contributed by atoms with Gasteiger partial charge in [-0.2, -0.15) is 0 Å². The second-order valence-electron chi connectivity index (χ2n) is 3.87. The predicted octanol–water partition coefficient (Wildman–Crippen LogP) is 1.41. The largest absolute Gasteiger partial charge is 0.337 e. The lowest BCUT2D eigenvalue weighted by molar-refractivity contribution is 0.643. The summed E-state index contributed by atoms with van der Waals surface area (Å²) >= 11 is 0. The van der Waals surface area contributed by atoms with Crippen LogP contribution < -0.4 is 5.32 Å². The van der Waals surface area contributed by atoms with E-state index >= 15 is 0 Å². The Hall–Kier alpha value is -1.68. The third-order valence-corrected chi connectivity index (χ3v) is 2.63. The van der Waals surface area contributed by atoms with Gasteiger partial charge in [-0.25, -0.2) is 4.98 Å². The second kappa shape index (κ2) is 4.90. The maximum absolute atomic E-state index is 4.33. The lowest BCUT2D eigenvalue weighted by atomic mass is 10.2. The van der Waals surface area contributed by atoms with Crippen LogP contribution in [0.25, 0.3) is 0 Å². The van der Waals surface area contributed by atoms with Crippen LogP contribution in [0, 0.1) is 6.92 Å². The third-order valence-electron chi connectivity index (χ3n) is 2.63. The highest BCUT2D eigenvalue weighted by molar-refractivity contribution is 5.17. The lowest BCUT2D eigenvalue weighted by Gasteiger charge is -2.06. The van der Waals surface area contributed by atoms with Gasteiger partial charge in [0, 0.05) is 32.5 Å². The second-order valence-corrected chi connectivity index (χ2v) is 3.87. The molecule has 1 N–H and O–H groups in total. The highest BCUT2D eigenvalue weighted by Gasteiger charge is 2.00. The normalized spacial score (nSPS) is 10.6. The number of pyridine rings is 1. The molecule has 0 saturated carbocycles. The van der Waals surface area contributed by atoms with Gasteiger partial charge in [0.15, 0.2) is 0 Å². The van der Waals surface area contributed by atoms with Gasteiger partial charge >= 0.3 is 0 Å². The summed E-state index contributed by atoms with van der Waals surface area (Å²) in [7, 11) is 2.00. The minimum atomic E-state index is 0.790. The maximum atomic E-state index is 4.33. The van der Waals surface area contributed by atoms with Crippen LogP contribution in [0.15, 0.2) is 30.9 Å². The Morgan fingerprint density at radius 3 is 2.94 bits per heavy atom. The summed E-state index contributed by atoms with van der Waals surface area (Å²) in [5.41, 5.74) is 3.50. The highest BCUT2D eigenvalue weighted by atomic mass is 15.0. The van der Waals surface area contributed by atoms with Crippen molar-refractivity contribution < 1.29 is 0 Å². The van der Waals surface area contributed by atoms with Gasteiger partial charge in [0.25, 0.3) is 0 Å². The van der Waals surface area contributed by atoms with E-state index in [-0.39, 0.29) is 0 Å². The first-order chi connectivity index (χ1) is 7.77. The van der Waals surface area contributed by atoms with E-state index < -0.39 is 0 Å². The molecule has 0 aliphatic rings. The number of aryl methyl sites for hydroxylation is 2. The van der Waals surface area contributed by atoms with Crippen molar-refractivity contribution in [2.45, 2.75) is 20.0 Å². The smallest absolute Gasteiger partial charge is 0.0945 e. The minimum Gasteiger partial charge on any atom is -0.337 e. The first kappa shape index (κ1) is 10.8. The summed E-state index contributed by atoms with van der Waals surface area (Å²) in [6.07, 6.45) is 5.51. The standard InChI is InChI=1S/C12H16N4/c1-10-4-3-5-15-12(10)8-13-6-11-7-14-9-16(11)2/h3-5,7,9,13H,6,8H2,1-2H3. The van der Waals surface area contributed by atoms with E-state index in [4.69, 9.17) is 0 Å². The molecule has 0 atom stereocenters. The molecule has 2 rings (SSSR count). The topological polar surface area (TPSA) is 42.7 Å². The first-order valence-electron chi connectivity index (χ1n) is 5.34. The van der Waals surface area contributed by atoms with Crippen molar-refractivity contribution in [3.63, 3.8) is 0 Å². The Morgan fingerprint density at radius 1 is 1.38 bits per heavy atom. The quantitative estimate of drug-likeness (QED) is 0.840. The zero-order chi connectivity index (χ0) is 11.4. The van der Waals surface area contributed by atoms with Crippen molar-refractivity contribution in [2.24, 2.45) is 7.05 Å². The average molecular weight is 216 g/mol. The zero-order valence-electron chi connectivity index (χ0n) is 9.64. The van der Waals surface area contributed by atoms with E-state index in [0.29, 0.717) is 0 Å². The Bertz CT molecular complexity index is 462. The van der Waals surface area contributed by atoms with E-state index in [1.807, 2.05) is 36.4 Å². The fraction of sp³-hybridized carbons (Fsp3) is 0.333. The van der Waals surface area contributed by atoms with E-state index in [0.717, 1.165) is 18.8 Å². The monoisotopic (exact) mass is 216 g/mol. The van der Waals surface area contributed by atoms with Crippen LogP contribution in [0.1, 0.15) is 17.0 Å². The molecule has 0 aromatic carbocycles. The highest BCUT2D eigenvalue weighted by Crippen LogP contribution is 2.03. The van der Waals surface area contributed by atoms with E-state index in [2.05, 4.69) is 28.3 Å². The first-order valence-corrected chi connectivity index (χ1v) is 5.34. The summed E-state index contributed by atoms with van der Waals surface area (Å²) in [4.78, 5) is 8.41. The SMILES string of the molecule is Cc1cccnc1CNCc1cncn1C. The fourth-order valence-electron chi connectivity index (χ4n) is 1.57. The van der Waals surface area contributed by atoms with Crippen LogP contribution in [-0.2, 0) is 20.1 Å². The Kier molecular flexibility index (Phi) is 3.31. The number of nitrogens with zero attached hydrogens (tertiary/aromatic N) is 3. The molecule has 2 aromatic heterocycles. The molecule has 2 aromatic rings. The van der Waals surface area contributed by atoms with Crippen LogP contribution in [0.5, 0.6) is 0 Å². The lowest BCUT2D eigenvalue weighted by Crippen LogP contribution is -2.16. The summed E-state index contributed by atoms with van der Waals surface area (Å²) in [6.45, 7) is 3.68. The number of aromatic nitrogens is 3.